The van der Waals surface area contributed by atoms with E-state index in [1.54, 1.807) is 18.5 Å². The molecule has 0 atom stereocenters. The summed E-state index contributed by atoms with van der Waals surface area (Å²) in [6.45, 7) is 6.16. The summed E-state index contributed by atoms with van der Waals surface area (Å²) >= 11 is 0. The first-order valence-electron chi connectivity index (χ1n) is 9.58. The summed E-state index contributed by atoms with van der Waals surface area (Å²) in [5, 5.41) is 7.50. The standard InChI is InChI=1S/C22H22N6O2/c1-22(2,3)17-13-18(28(27-17)21-23-10-7-11-24-21)26-19(29)12-16-14-30-20(25-16)15-8-5-4-6-9-15/h4-11,13-14H,12H2,1-3H3,(H,26,29). The summed E-state index contributed by atoms with van der Waals surface area (Å²) in [5.74, 6) is 1.13. The number of aromatic nitrogens is 5. The third-order valence-corrected chi connectivity index (χ3v) is 4.40. The molecular formula is C22H22N6O2. The maximum atomic E-state index is 12.7. The first-order chi connectivity index (χ1) is 14.4. The van der Waals surface area contributed by atoms with E-state index < -0.39 is 0 Å². The second kappa shape index (κ2) is 7.90. The summed E-state index contributed by atoms with van der Waals surface area (Å²) in [7, 11) is 0. The Bertz CT molecular complexity index is 1140. The number of nitrogens with one attached hydrogen (secondary N) is 1. The molecule has 0 radical (unpaired) electrons. The van der Waals surface area contributed by atoms with Crippen molar-refractivity contribution >= 4 is 11.7 Å². The zero-order chi connectivity index (χ0) is 21.1. The number of benzene rings is 1. The number of nitrogens with zero attached hydrogens (tertiary/aromatic N) is 5. The van der Waals surface area contributed by atoms with E-state index >= 15 is 0 Å². The largest absolute Gasteiger partial charge is 0.444 e. The van der Waals surface area contributed by atoms with E-state index in [1.165, 1.54) is 10.9 Å². The fraction of sp³-hybridized carbons (Fsp3) is 0.227. The molecule has 1 aromatic carbocycles. The van der Waals surface area contributed by atoms with Gasteiger partial charge in [0.05, 0.1) is 17.8 Å². The number of hydrogen-bond acceptors (Lipinski definition) is 6. The predicted octanol–water partition coefficient (Wildman–Crippen LogP) is 3.80. The number of carbonyl (C=O) groups excluding carboxylic acids is 1. The minimum absolute atomic E-state index is 0.0714. The highest BCUT2D eigenvalue weighted by atomic mass is 16.3. The van der Waals surface area contributed by atoms with Crippen molar-refractivity contribution in [2.75, 3.05) is 5.32 Å². The first-order valence-corrected chi connectivity index (χ1v) is 9.58. The number of rotatable bonds is 5. The molecule has 0 aliphatic heterocycles. The molecule has 0 aliphatic carbocycles. The average Bonchev–Trinajstić information content (AvgIpc) is 3.36. The molecule has 8 heteroatoms. The molecule has 0 saturated heterocycles. The number of anilines is 1. The lowest BCUT2D eigenvalue weighted by atomic mass is 9.92. The molecule has 30 heavy (non-hydrogen) atoms. The van der Waals surface area contributed by atoms with E-state index in [2.05, 4.69) is 46.1 Å². The monoisotopic (exact) mass is 402 g/mol. The van der Waals surface area contributed by atoms with Gasteiger partial charge in [0.25, 0.3) is 5.95 Å². The summed E-state index contributed by atoms with van der Waals surface area (Å²) in [5.41, 5.74) is 2.02. The summed E-state index contributed by atoms with van der Waals surface area (Å²) in [6, 6.07) is 13.1. The lowest BCUT2D eigenvalue weighted by Crippen LogP contribution is -2.18. The van der Waals surface area contributed by atoms with Crippen molar-refractivity contribution in [3.05, 3.63) is 72.5 Å². The highest BCUT2D eigenvalue weighted by Gasteiger charge is 2.22. The van der Waals surface area contributed by atoms with Crippen LogP contribution in [0.15, 0.2) is 65.5 Å². The van der Waals surface area contributed by atoms with Crippen molar-refractivity contribution in [3.8, 4) is 17.4 Å². The number of amides is 1. The molecule has 0 saturated carbocycles. The molecule has 0 spiro atoms. The first kappa shape index (κ1) is 19.5. The van der Waals surface area contributed by atoms with Crippen LogP contribution >= 0.6 is 0 Å². The van der Waals surface area contributed by atoms with Crippen molar-refractivity contribution in [1.29, 1.82) is 0 Å². The third-order valence-electron chi connectivity index (χ3n) is 4.40. The summed E-state index contributed by atoms with van der Waals surface area (Å²) in [4.78, 5) is 25.6. The Balaban J connectivity index is 1.55. The molecule has 3 heterocycles. The Labute approximate surface area is 174 Å². The van der Waals surface area contributed by atoms with E-state index in [-0.39, 0.29) is 17.7 Å². The molecule has 1 amide bonds. The minimum atomic E-state index is -0.236. The molecule has 152 valence electrons. The van der Waals surface area contributed by atoms with Crippen LogP contribution in [0.5, 0.6) is 0 Å². The second-order valence-electron chi connectivity index (χ2n) is 7.86. The minimum Gasteiger partial charge on any atom is -0.444 e. The van der Waals surface area contributed by atoms with Crippen molar-refractivity contribution in [1.82, 2.24) is 24.7 Å². The molecular weight excluding hydrogens is 380 g/mol. The van der Waals surface area contributed by atoms with Crippen LogP contribution < -0.4 is 5.32 Å². The van der Waals surface area contributed by atoms with Crippen molar-refractivity contribution < 1.29 is 9.21 Å². The molecule has 4 aromatic rings. The Morgan fingerprint density at radius 2 is 1.83 bits per heavy atom. The Morgan fingerprint density at radius 1 is 1.10 bits per heavy atom. The lowest BCUT2D eigenvalue weighted by Gasteiger charge is -2.13. The number of hydrogen-bond donors (Lipinski definition) is 1. The van der Waals surface area contributed by atoms with Gasteiger partial charge >= 0.3 is 0 Å². The summed E-state index contributed by atoms with van der Waals surface area (Å²) < 4.78 is 7.05. The third kappa shape index (κ3) is 4.27. The van der Waals surface area contributed by atoms with Crippen molar-refractivity contribution in [3.63, 3.8) is 0 Å². The van der Waals surface area contributed by atoms with Gasteiger partial charge in [0.1, 0.15) is 12.1 Å². The Morgan fingerprint density at radius 3 is 2.53 bits per heavy atom. The van der Waals surface area contributed by atoms with Crippen LogP contribution in [0.25, 0.3) is 17.4 Å². The molecule has 0 aliphatic rings. The van der Waals surface area contributed by atoms with E-state index in [0.29, 0.717) is 23.4 Å². The van der Waals surface area contributed by atoms with E-state index in [1.807, 2.05) is 36.4 Å². The quantitative estimate of drug-likeness (QED) is 0.545. The van der Waals surface area contributed by atoms with Gasteiger partial charge in [-0.15, -0.1) is 0 Å². The van der Waals surface area contributed by atoms with E-state index in [9.17, 15) is 4.79 Å². The van der Waals surface area contributed by atoms with Crippen LogP contribution in [0, 0.1) is 0 Å². The van der Waals surface area contributed by atoms with Crippen LogP contribution in [0.3, 0.4) is 0 Å². The second-order valence-corrected chi connectivity index (χ2v) is 7.86. The van der Waals surface area contributed by atoms with Gasteiger partial charge in [-0.2, -0.15) is 9.78 Å². The molecule has 0 unspecified atom stereocenters. The van der Waals surface area contributed by atoms with E-state index in [0.717, 1.165) is 11.3 Å². The van der Waals surface area contributed by atoms with E-state index in [4.69, 9.17) is 4.42 Å². The number of oxazole rings is 1. The SMILES string of the molecule is CC(C)(C)c1cc(NC(=O)Cc2coc(-c3ccccc3)n2)n(-c2ncccn2)n1. The molecule has 0 bridgehead atoms. The summed E-state index contributed by atoms with van der Waals surface area (Å²) in [6.07, 6.45) is 4.84. The maximum absolute atomic E-state index is 12.7. The Hall–Kier alpha value is -3.81. The fourth-order valence-corrected chi connectivity index (χ4v) is 2.84. The van der Waals surface area contributed by atoms with Gasteiger partial charge in [-0.3, -0.25) is 4.79 Å². The molecule has 1 N–H and O–H groups in total. The van der Waals surface area contributed by atoms with Gasteiger partial charge in [-0.1, -0.05) is 39.0 Å². The zero-order valence-electron chi connectivity index (χ0n) is 17.0. The highest BCUT2D eigenvalue weighted by molar-refractivity contribution is 5.91. The fourth-order valence-electron chi connectivity index (χ4n) is 2.84. The van der Waals surface area contributed by atoms with Crippen molar-refractivity contribution in [2.45, 2.75) is 32.6 Å². The molecule has 8 nitrogen and oxygen atoms in total. The highest BCUT2D eigenvalue weighted by Crippen LogP contribution is 2.25. The normalized spacial score (nSPS) is 11.4. The molecule has 0 fully saturated rings. The van der Waals surface area contributed by atoms with Gasteiger partial charge in [-0.05, 0) is 18.2 Å². The average molecular weight is 402 g/mol. The molecule has 3 aromatic heterocycles. The van der Waals surface area contributed by atoms with Gasteiger partial charge in [0.15, 0.2) is 0 Å². The van der Waals surface area contributed by atoms with Gasteiger partial charge < -0.3 is 9.73 Å². The predicted molar refractivity (Wildman–Crippen MR) is 112 cm³/mol. The van der Waals surface area contributed by atoms with Gasteiger partial charge in [-0.25, -0.2) is 15.0 Å². The van der Waals surface area contributed by atoms with Crippen LogP contribution in [0.4, 0.5) is 5.82 Å². The topological polar surface area (TPSA) is 98.7 Å². The number of carbonyl (C=O) groups is 1. The zero-order valence-corrected chi connectivity index (χ0v) is 17.0. The van der Waals surface area contributed by atoms with Crippen LogP contribution in [-0.4, -0.2) is 30.6 Å². The van der Waals surface area contributed by atoms with Crippen molar-refractivity contribution in [2.24, 2.45) is 0 Å². The maximum Gasteiger partial charge on any atom is 0.252 e. The van der Waals surface area contributed by atoms with Gasteiger partial charge in [0, 0.05) is 29.4 Å². The Kier molecular flexibility index (Phi) is 5.14. The smallest absolute Gasteiger partial charge is 0.252 e. The van der Waals surface area contributed by atoms with Crippen LogP contribution in [0.2, 0.25) is 0 Å². The van der Waals surface area contributed by atoms with Crippen LogP contribution in [-0.2, 0) is 16.6 Å². The lowest BCUT2D eigenvalue weighted by molar-refractivity contribution is -0.115. The van der Waals surface area contributed by atoms with Crippen LogP contribution in [0.1, 0.15) is 32.2 Å². The molecule has 4 rings (SSSR count). The van der Waals surface area contributed by atoms with Gasteiger partial charge in [0.2, 0.25) is 11.8 Å².